The molecule has 0 fully saturated rings. The van der Waals surface area contributed by atoms with Gasteiger partial charge >= 0.3 is 0 Å². The zero-order valence-electron chi connectivity index (χ0n) is 23.0. The van der Waals surface area contributed by atoms with Gasteiger partial charge in [0.15, 0.2) is 5.69 Å². The smallest absolute Gasteiger partial charge is 0.276 e. The molecule has 0 aliphatic rings. The van der Waals surface area contributed by atoms with Gasteiger partial charge in [0, 0.05) is 26.4 Å². The first-order chi connectivity index (χ1) is 18.5. The largest absolute Gasteiger partial charge is 0.618 e. The van der Waals surface area contributed by atoms with Crippen LogP contribution in [0.1, 0.15) is 80.9 Å². The number of carbonyl (C=O) groups excluding carboxylic acids is 2. The molecule has 0 aliphatic heterocycles. The van der Waals surface area contributed by atoms with Crippen LogP contribution < -0.4 is 15.4 Å². The third-order valence-corrected chi connectivity index (χ3v) is 5.31. The van der Waals surface area contributed by atoms with Crippen molar-refractivity contribution in [3.05, 3.63) is 102 Å². The topological polar surface area (TPSA) is 98.0 Å². The molecule has 1 rings (SSSR count). The van der Waals surface area contributed by atoms with Gasteiger partial charge in [-0.1, -0.05) is 79.8 Å². The third-order valence-electron chi connectivity index (χ3n) is 5.31. The molecule has 2 amide bonds. The van der Waals surface area contributed by atoms with Crippen molar-refractivity contribution in [3.8, 4) is 0 Å². The van der Waals surface area contributed by atoms with Gasteiger partial charge in [-0.25, -0.2) is 4.98 Å². The molecule has 7 heteroatoms. The van der Waals surface area contributed by atoms with Crippen molar-refractivity contribution >= 4 is 11.8 Å². The second kappa shape index (κ2) is 22.5. The van der Waals surface area contributed by atoms with E-state index in [9.17, 15) is 14.8 Å². The van der Waals surface area contributed by atoms with Gasteiger partial charge in [-0.2, -0.15) is 4.73 Å². The van der Waals surface area contributed by atoms with Crippen molar-refractivity contribution in [2.45, 2.75) is 71.6 Å². The van der Waals surface area contributed by atoms with Crippen LogP contribution in [0.15, 0.2) is 85.3 Å². The number of rotatable bonds is 19. The average molecular weight is 521 g/mol. The highest BCUT2D eigenvalue weighted by Crippen LogP contribution is 1.98. The van der Waals surface area contributed by atoms with Crippen molar-refractivity contribution in [3.63, 3.8) is 0 Å². The van der Waals surface area contributed by atoms with E-state index in [1.807, 2.05) is 6.08 Å². The van der Waals surface area contributed by atoms with E-state index >= 15 is 0 Å². The lowest BCUT2D eigenvalue weighted by atomic mass is 10.2. The fourth-order valence-corrected chi connectivity index (χ4v) is 3.13. The molecular formula is C31H44N4O3. The monoisotopic (exact) mass is 520 g/mol. The average Bonchev–Trinajstić information content (AvgIpc) is 2.91. The molecular weight excluding hydrogens is 476 g/mol. The standard InChI is InChI=1S/C31H44N4O3/c1-3-4-5-6-7-8-9-10-11-12-13-14-15-16-17-18-19-20-21-23-30(36)32-24-22-25-33-31(37)29-27-35(38)28(2)26-34-29/h4-5,7-8,10-11,13-14,16-17,19-20,26-27H,3,6,9,12,15,18,21-25H2,1-2H3,(H,32,36)(H,33,37). The number of hydrogen-bond acceptors (Lipinski definition) is 4. The van der Waals surface area contributed by atoms with E-state index in [0.29, 0.717) is 42.8 Å². The Morgan fingerprint density at radius 1 is 0.816 bits per heavy atom. The molecule has 1 aromatic rings. The molecule has 7 nitrogen and oxygen atoms in total. The predicted octanol–water partition coefficient (Wildman–Crippen LogP) is 5.74. The normalized spacial score (nSPS) is 12.3. The number of carbonyl (C=O) groups is 2. The van der Waals surface area contributed by atoms with Crippen LogP contribution in [-0.2, 0) is 4.79 Å². The van der Waals surface area contributed by atoms with Gasteiger partial charge in [-0.3, -0.25) is 9.59 Å². The zero-order chi connectivity index (χ0) is 27.7. The number of aromatic nitrogens is 2. The van der Waals surface area contributed by atoms with Crippen molar-refractivity contribution in [2.24, 2.45) is 0 Å². The highest BCUT2D eigenvalue weighted by atomic mass is 16.5. The molecule has 1 heterocycles. The van der Waals surface area contributed by atoms with Crippen LogP contribution >= 0.6 is 0 Å². The number of nitrogens with zero attached hydrogens (tertiary/aromatic N) is 2. The first kappa shape index (κ1) is 32.3. The van der Waals surface area contributed by atoms with Crippen molar-refractivity contribution < 1.29 is 14.3 Å². The van der Waals surface area contributed by atoms with Crippen molar-refractivity contribution in [1.82, 2.24) is 15.6 Å². The molecule has 0 radical (unpaired) electrons. The maximum absolute atomic E-state index is 12.0. The Hall–Kier alpha value is -3.74. The summed E-state index contributed by atoms with van der Waals surface area (Å²) in [4.78, 5) is 27.8. The van der Waals surface area contributed by atoms with E-state index in [1.54, 1.807) is 6.92 Å². The molecule has 2 N–H and O–H groups in total. The van der Waals surface area contributed by atoms with E-state index in [2.05, 4.69) is 89.4 Å². The minimum absolute atomic E-state index is 0.0107. The van der Waals surface area contributed by atoms with Gasteiger partial charge in [-0.05, 0) is 51.4 Å². The Morgan fingerprint density at radius 3 is 1.84 bits per heavy atom. The van der Waals surface area contributed by atoms with Gasteiger partial charge in [-0.15, -0.1) is 0 Å². The van der Waals surface area contributed by atoms with Crippen LogP contribution in [0, 0.1) is 12.1 Å². The van der Waals surface area contributed by atoms with Gasteiger partial charge in [0.25, 0.3) is 5.91 Å². The Bertz CT molecular complexity index is 991. The number of hydrogen-bond donors (Lipinski definition) is 2. The van der Waals surface area contributed by atoms with Crippen LogP contribution in [0.25, 0.3) is 0 Å². The van der Waals surface area contributed by atoms with Crippen molar-refractivity contribution in [2.75, 3.05) is 13.1 Å². The molecule has 1 aromatic heterocycles. The molecule has 0 saturated heterocycles. The fraction of sp³-hybridized carbons (Fsp3) is 0.419. The molecule has 206 valence electrons. The third kappa shape index (κ3) is 17.7. The lowest BCUT2D eigenvalue weighted by Crippen LogP contribution is -2.35. The van der Waals surface area contributed by atoms with Gasteiger partial charge in [0.2, 0.25) is 17.8 Å². The number of aryl methyl sites for hydroxylation is 1. The summed E-state index contributed by atoms with van der Waals surface area (Å²) in [5, 5.41) is 17.0. The van der Waals surface area contributed by atoms with E-state index < -0.39 is 5.91 Å². The Balaban J connectivity index is 1.99. The maximum atomic E-state index is 12.0. The summed E-state index contributed by atoms with van der Waals surface area (Å²) < 4.78 is 0.611. The Kier molecular flexibility index (Phi) is 19.1. The van der Waals surface area contributed by atoms with E-state index in [1.165, 1.54) is 6.20 Å². The molecule has 0 aliphatic carbocycles. The Labute approximate surface area is 228 Å². The fourth-order valence-electron chi connectivity index (χ4n) is 3.13. The number of amides is 2. The van der Waals surface area contributed by atoms with Gasteiger partial charge in [0.1, 0.15) is 0 Å². The summed E-state index contributed by atoms with van der Waals surface area (Å²) in [6, 6.07) is 0. The first-order valence-corrected chi connectivity index (χ1v) is 13.5. The second-order valence-corrected chi connectivity index (χ2v) is 8.65. The minimum atomic E-state index is -0.404. The van der Waals surface area contributed by atoms with Crippen LogP contribution in [-0.4, -0.2) is 29.9 Å². The SMILES string of the molecule is CCC=CCC=CCC=CCC=CCC=CCC=CCCC(=O)NCCCNC(=O)c1c[n+]([O-])c(C)cn1. The van der Waals surface area contributed by atoms with E-state index in [0.717, 1.165) is 44.7 Å². The zero-order valence-corrected chi connectivity index (χ0v) is 23.0. The van der Waals surface area contributed by atoms with E-state index in [-0.39, 0.29) is 11.6 Å². The van der Waals surface area contributed by atoms with Crippen LogP contribution in [0.5, 0.6) is 0 Å². The number of nitrogens with one attached hydrogen (secondary N) is 2. The Morgan fingerprint density at radius 2 is 1.32 bits per heavy atom. The van der Waals surface area contributed by atoms with Crippen LogP contribution in [0.2, 0.25) is 0 Å². The highest BCUT2D eigenvalue weighted by molar-refractivity contribution is 5.91. The molecule has 0 bridgehead atoms. The maximum Gasteiger partial charge on any atom is 0.276 e. The lowest BCUT2D eigenvalue weighted by molar-refractivity contribution is -0.613. The summed E-state index contributed by atoms with van der Waals surface area (Å²) in [5.74, 6) is -0.415. The summed E-state index contributed by atoms with van der Waals surface area (Å²) in [5.41, 5.74) is 0.499. The molecule has 0 saturated carbocycles. The molecule has 0 atom stereocenters. The summed E-state index contributed by atoms with van der Waals surface area (Å²) in [7, 11) is 0. The molecule has 0 spiro atoms. The van der Waals surface area contributed by atoms with E-state index in [4.69, 9.17) is 0 Å². The summed E-state index contributed by atoms with van der Waals surface area (Å²) in [6.07, 6.45) is 36.0. The minimum Gasteiger partial charge on any atom is -0.618 e. The van der Waals surface area contributed by atoms with Crippen LogP contribution in [0.4, 0.5) is 0 Å². The molecule has 38 heavy (non-hydrogen) atoms. The summed E-state index contributed by atoms with van der Waals surface area (Å²) >= 11 is 0. The van der Waals surface area contributed by atoms with Gasteiger partial charge in [0.05, 0.1) is 6.20 Å². The molecule has 0 unspecified atom stereocenters. The summed E-state index contributed by atoms with van der Waals surface area (Å²) in [6.45, 7) is 4.63. The highest BCUT2D eigenvalue weighted by Gasteiger charge is 2.11. The van der Waals surface area contributed by atoms with Gasteiger partial charge < -0.3 is 15.8 Å². The van der Waals surface area contributed by atoms with Crippen LogP contribution in [0.3, 0.4) is 0 Å². The molecule has 0 aromatic carbocycles. The second-order valence-electron chi connectivity index (χ2n) is 8.65. The predicted molar refractivity (Wildman–Crippen MR) is 155 cm³/mol. The lowest BCUT2D eigenvalue weighted by Gasteiger charge is -2.06. The van der Waals surface area contributed by atoms with Crippen molar-refractivity contribution in [1.29, 1.82) is 0 Å². The first-order valence-electron chi connectivity index (χ1n) is 13.5. The number of allylic oxidation sites excluding steroid dienone is 12. The quantitative estimate of drug-likeness (QED) is 0.105.